The summed E-state index contributed by atoms with van der Waals surface area (Å²) in [5.74, 6) is 1.65. The molecule has 154 valence electrons. The number of ether oxygens (including phenoxy) is 1. The molecule has 0 aromatic heterocycles. The third-order valence-corrected chi connectivity index (χ3v) is 5.82. The van der Waals surface area contributed by atoms with Crippen molar-refractivity contribution in [3.8, 4) is 5.75 Å². The monoisotopic (exact) mass is 476 g/mol. The van der Waals surface area contributed by atoms with Gasteiger partial charge in [-0.05, 0) is 48.2 Å². The molecule has 0 aliphatic carbocycles. The molecule has 2 aromatic carbocycles. The van der Waals surface area contributed by atoms with Crippen molar-refractivity contribution in [2.75, 3.05) is 20.2 Å². The lowest BCUT2D eigenvalue weighted by Crippen LogP contribution is -2.42. The number of rotatable bonds is 5. The SMILES string of the molecule is COc1ccc(Br)cc1CCc1c(Cl)cccc1C1=NCCN1C(=O)C(C)(C)C. The van der Waals surface area contributed by atoms with Gasteiger partial charge in [0.05, 0.1) is 13.7 Å². The number of halogens is 2. The fourth-order valence-electron chi connectivity index (χ4n) is 3.50. The maximum Gasteiger partial charge on any atom is 0.233 e. The number of aryl methyl sites for hydroxylation is 1. The molecule has 0 bridgehead atoms. The number of methoxy groups -OCH3 is 1. The molecule has 0 fully saturated rings. The molecule has 29 heavy (non-hydrogen) atoms. The van der Waals surface area contributed by atoms with Crippen LogP contribution in [0.5, 0.6) is 5.75 Å². The van der Waals surface area contributed by atoms with Gasteiger partial charge >= 0.3 is 0 Å². The van der Waals surface area contributed by atoms with Crippen molar-refractivity contribution in [1.82, 2.24) is 4.90 Å². The molecule has 3 rings (SSSR count). The molecule has 0 saturated heterocycles. The second-order valence-corrected chi connectivity index (χ2v) is 9.46. The molecule has 0 spiro atoms. The standard InChI is InChI=1S/C23H26BrClN2O2/c1-23(2,3)22(28)27-13-12-26-21(27)18-6-5-7-19(25)17(18)10-8-15-14-16(24)9-11-20(15)29-4/h5-7,9,11,14H,8,10,12-13H2,1-4H3. The van der Waals surface area contributed by atoms with Crippen molar-refractivity contribution >= 4 is 39.3 Å². The van der Waals surface area contributed by atoms with E-state index in [-0.39, 0.29) is 5.91 Å². The number of aliphatic imine (C=N–C) groups is 1. The molecule has 1 aliphatic heterocycles. The van der Waals surface area contributed by atoms with Crippen LogP contribution in [0.15, 0.2) is 45.9 Å². The average molecular weight is 478 g/mol. The number of amidine groups is 1. The molecule has 1 heterocycles. The van der Waals surface area contributed by atoms with E-state index in [0.717, 1.165) is 45.6 Å². The van der Waals surface area contributed by atoms with Crippen LogP contribution in [0.4, 0.5) is 0 Å². The van der Waals surface area contributed by atoms with Crippen molar-refractivity contribution in [2.45, 2.75) is 33.6 Å². The van der Waals surface area contributed by atoms with Crippen LogP contribution in [0, 0.1) is 5.41 Å². The summed E-state index contributed by atoms with van der Waals surface area (Å²) in [4.78, 5) is 19.4. The van der Waals surface area contributed by atoms with Crippen molar-refractivity contribution in [1.29, 1.82) is 0 Å². The first-order valence-electron chi connectivity index (χ1n) is 9.69. The fraction of sp³-hybridized carbons (Fsp3) is 0.391. The predicted octanol–water partition coefficient (Wildman–Crippen LogP) is 5.53. The summed E-state index contributed by atoms with van der Waals surface area (Å²) in [5, 5.41) is 0.689. The third-order valence-electron chi connectivity index (χ3n) is 4.97. The number of hydrogen-bond acceptors (Lipinski definition) is 3. The molecule has 0 unspecified atom stereocenters. The summed E-state index contributed by atoms with van der Waals surface area (Å²) >= 11 is 10.1. The lowest BCUT2D eigenvalue weighted by atomic mass is 9.93. The highest BCUT2D eigenvalue weighted by Crippen LogP contribution is 2.30. The molecule has 0 radical (unpaired) electrons. The first-order chi connectivity index (χ1) is 13.7. The second-order valence-electron chi connectivity index (χ2n) is 8.13. The Morgan fingerprint density at radius 3 is 2.69 bits per heavy atom. The Kier molecular flexibility index (Phi) is 6.69. The van der Waals surface area contributed by atoms with E-state index >= 15 is 0 Å². The number of nitrogens with zero attached hydrogens (tertiary/aromatic N) is 2. The van der Waals surface area contributed by atoms with Gasteiger partial charge in [0.2, 0.25) is 5.91 Å². The molecule has 0 saturated carbocycles. The van der Waals surface area contributed by atoms with Gasteiger partial charge in [0.15, 0.2) is 0 Å². The molecular weight excluding hydrogens is 452 g/mol. The van der Waals surface area contributed by atoms with Crippen LogP contribution < -0.4 is 4.74 Å². The maximum absolute atomic E-state index is 12.9. The lowest BCUT2D eigenvalue weighted by Gasteiger charge is -2.27. The topological polar surface area (TPSA) is 41.9 Å². The van der Waals surface area contributed by atoms with Crippen molar-refractivity contribution < 1.29 is 9.53 Å². The number of carbonyl (C=O) groups is 1. The van der Waals surface area contributed by atoms with Gasteiger partial charge in [0, 0.05) is 27.0 Å². The number of benzene rings is 2. The number of amides is 1. The molecule has 6 heteroatoms. The zero-order valence-corrected chi connectivity index (χ0v) is 19.6. The van der Waals surface area contributed by atoms with Crippen molar-refractivity contribution in [3.63, 3.8) is 0 Å². The van der Waals surface area contributed by atoms with E-state index in [1.54, 1.807) is 12.0 Å². The number of carbonyl (C=O) groups excluding carboxylic acids is 1. The zero-order chi connectivity index (χ0) is 21.2. The molecule has 1 aliphatic rings. The van der Waals surface area contributed by atoms with Gasteiger partial charge in [-0.1, -0.05) is 60.4 Å². The Balaban J connectivity index is 1.93. The Morgan fingerprint density at radius 1 is 1.24 bits per heavy atom. The van der Waals surface area contributed by atoms with Crippen molar-refractivity contribution in [3.05, 3.63) is 62.6 Å². The molecule has 0 N–H and O–H groups in total. The summed E-state index contributed by atoms with van der Waals surface area (Å²) < 4.78 is 6.51. The molecule has 4 nitrogen and oxygen atoms in total. The third kappa shape index (κ3) is 4.84. The van der Waals surface area contributed by atoms with E-state index in [0.29, 0.717) is 18.1 Å². The van der Waals surface area contributed by atoms with E-state index in [9.17, 15) is 4.79 Å². The van der Waals surface area contributed by atoms with Gasteiger partial charge in [-0.25, -0.2) is 0 Å². The minimum atomic E-state index is -0.465. The molecule has 1 amide bonds. The Morgan fingerprint density at radius 2 is 2.00 bits per heavy atom. The normalized spacial score (nSPS) is 14.1. The van der Waals surface area contributed by atoms with Gasteiger partial charge < -0.3 is 4.74 Å². The zero-order valence-electron chi connectivity index (χ0n) is 17.3. The first kappa shape index (κ1) is 21.8. The Labute approximate surface area is 186 Å². The smallest absolute Gasteiger partial charge is 0.233 e. The first-order valence-corrected chi connectivity index (χ1v) is 10.9. The van der Waals surface area contributed by atoms with Gasteiger partial charge in [-0.3, -0.25) is 14.7 Å². The van der Waals surface area contributed by atoms with E-state index < -0.39 is 5.41 Å². The van der Waals surface area contributed by atoms with Crippen molar-refractivity contribution in [2.24, 2.45) is 10.4 Å². The van der Waals surface area contributed by atoms with Crippen LogP contribution >= 0.6 is 27.5 Å². The largest absolute Gasteiger partial charge is 0.496 e. The Bertz CT molecular complexity index is 950. The minimum absolute atomic E-state index is 0.0772. The summed E-state index contributed by atoms with van der Waals surface area (Å²) in [7, 11) is 1.68. The highest BCUT2D eigenvalue weighted by Gasteiger charge is 2.33. The van der Waals surface area contributed by atoms with E-state index in [4.69, 9.17) is 16.3 Å². The van der Waals surface area contributed by atoms with E-state index in [1.165, 1.54) is 0 Å². The lowest BCUT2D eigenvalue weighted by molar-refractivity contribution is -0.134. The molecule has 2 aromatic rings. The Hall–Kier alpha value is -1.85. The van der Waals surface area contributed by atoms with Crippen LogP contribution in [-0.2, 0) is 17.6 Å². The quantitative estimate of drug-likeness (QED) is 0.568. The van der Waals surface area contributed by atoms with Gasteiger partial charge in [-0.15, -0.1) is 0 Å². The predicted molar refractivity (Wildman–Crippen MR) is 122 cm³/mol. The summed E-state index contributed by atoms with van der Waals surface area (Å²) in [6, 6.07) is 11.8. The number of hydrogen-bond donors (Lipinski definition) is 0. The summed E-state index contributed by atoms with van der Waals surface area (Å²) in [5.41, 5.74) is 2.57. The van der Waals surface area contributed by atoms with E-state index in [2.05, 4.69) is 27.0 Å². The molecule has 0 atom stereocenters. The van der Waals surface area contributed by atoms with Gasteiger partial charge in [0.25, 0.3) is 0 Å². The van der Waals surface area contributed by atoms with E-state index in [1.807, 2.05) is 51.1 Å². The van der Waals surface area contributed by atoms with Gasteiger partial charge in [-0.2, -0.15) is 0 Å². The minimum Gasteiger partial charge on any atom is -0.496 e. The summed E-state index contributed by atoms with van der Waals surface area (Å²) in [6.07, 6.45) is 1.48. The van der Waals surface area contributed by atoms with Crippen LogP contribution in [0.25, 0.3) is 0 Å². The fourth-order valence-corrected chi connectivity index (χ4v) is 4.18. The summed E-state index contributed by atoms with van der Waals surface area (Å²) in [6.45, 7) is 7.02. The van der Waals surface area contributed by atoms with Gasteiger partial charge in [0.1, 0.15) is 11.6 Å². The van der Waals surface area contributed by atoms with Crippen LogP contribution in [0.2, 0.25) is 5.02 Å². The highest BCUT2D eigenvalue weighted by molar-refractivity contribution is 9.10. The second kappa shape index (κ2) is 8.88. The van der Waals surface area contributed by atoms with Crippen LogP contribution in [-0.4, -0.2) is 36.8 Å². The average Bonchev–Trinajstić information content (AvgIpc) is 3.15. The van der Waals surface area contributed by atoms with Crippen LogP contribution in [0.1, 0.15) is 37.5 Å². The van der Waals surface area contributed by atoms with Crippen LogP contribution in [0.3, 0.4) is 0 Å². The highest BCUT2D eigenvalue weighted by atomic mass is 79.9. The maximum atomic E-state index is 12.9. The molecular formula is C23H26BrClN2O2.